The van der Waals surface area contributed by atoms with E-state index in [1.165, 1.54) is 9.13 Å². The molecule has 0 bridgehead atoms. The van der Waals surface area contributed by atoms with E-state index in [9.17, 15) is 9.59 Å². The summed E-state index contributed by atoms with van der Waals surface area (Å²) in [6, 6.07) is 0. The third-order valence-corrected chi connectivity index (χ3v) is 2.97. The SMILES string of the molecule is CCn1c(=O)c2[nH]c(NCCCN)nc2n(C)c1=O. The van der Waals surface area contributed by atoms with E-state index in [0.717, 1.165) is 6.42 Å². The Balaban J connectivity index is 2.53. The molecule has 0 saturated carbocycles. The second kappa shape index (κ2) is 5.27. The number of aromatic amines is 1. The largest absolute Gasteiger partial charge is 0.356 e. The van der Waals surface area contributed by atoms with Gasteiger partial charge in [0.05, 0.1) is 0 Å². The maximum Gasteiger partial charge on any atom is 0.332 e. The molecular formula is C11H18N6O2. The number of H-pyrrole nitrogens is 1. The summed E-state index contributed by atoms with van der Waals surface area (Å²) in [5.74, 6) is 0.476. The highest BCUT2D eigenvalue weighted by Gasteiger charge is 2.13. The second-order valence-electron chi connectivity index (χ2n) is 4.24. The lowest BCUT2D eigenvalue weighted by Gasteiger charge is -2.03. The molecule has 0 amide bonds. The molecule has 0 saturated heterocycles. The van der Waals surface area contributed by atoms with E-state index in [0.29, 0.717) is 36.7 Å². The number of hydrogen-bond donors (Lipinski definition) is 3. The first-order valence-corrected chi connectivity index (χ1v) is 6.23. The Bertz CT molecular complexity index is 695. The van der Waals surface area contributed by atoms with Gasteiger partial charge in [0.25, 0.3) is 5.56 Å². The topological polar surface area (TPSA) is 111 Å². The summed E-state index contributed by atoms with van der Waals surface area (Å²) in [7, 11) is 1.60. The number of nitrogens with two attached hydrogens (primary N) is 1. The van der Waals surface area contributed by atoms with E-state index in [4.69, 9.17) is 5.73 Å². The molecule has 8 heteroatoms. The normalized spacial score (nSPS) is 11.1. The first-order valence-electron chi connectivity index (χ1n) is 6.23. The number of aryl methyl sites for hydroxylation is 1. The van der Waals surface area contributed by atoms with Crippen molar-refractivity contribution in [2.45, 2.75) is 19.9 Å². The van der Waals surface area contributed by atoms with Crippen LogP contribution in [0.4, 0.5) is 5.95 Å². The molecule has 0 aromatic carbocycles. The van der Waals surface area contributed by atoms with E-state index in [1.54, 1.807) is 14.0 Å². The van der Waals surface area contributed by atoms with Crippen LogP contribution in [0, 0.1) is 0 Å². The number of aromatic nitrogens is 4. The number of anilines is 1. The van der Waals surface area contributed by atoms with Gasteiger partial charge in [0.15, 0.2) is 11.2 Å². The molecule has 0 fully saturated rings. The Morgan fingerprint density at radius 1 is 1.42 bits per heavy atom. The van der Waals surface area contributed by atoms with Crippen LogP contribution in [0.25, 0.3) is 11.2 Å². The Labute approximate surface area is 109 Å². The third-order valence-electron chi connectivity index (χ3n) is 2.97. The highest BCUT2D eigenvalue weighted by molar-refractivity contribution is 5.72. The highest BCUT2D eigenvalue weighted by atomic mass is 16.2. The number of rotatable bonds is 5. The first-order chi connectivity index (χ1) is 9.10. The fourth-order valence-electron chi connectivity index (χ4n) is 1.92. The second-order valence-corrected chi connectivity index (χ2v) is 4.24. The van der Waals surface area contributed by atoms with Gasteiger partial charge in [0.1, 0.15) is 0 Å². The molecule has 0 aliphatic heterocycles. The van der Waals surface area contributed by atoms with Crippen molar-refractivity contribution >= 4 is 17.1 Å². The number of nitrogens with zero attached hydrogens (tertiary/aromatic N) is 3. The van der Waals surface area contributed by atoms with E-state index >= 15 is 0 Å². The number of nitrogens with one attached hydrogen (secondary N) is 2. The van der Waals surface area contributed by atoms with Crippen LogP contribution in [0.15, 0.2) is 9.59 Å². The molecule has 0 atom stereocenters. The molecule has 2 heterocycles. The fraction of sp³-hybridized carbons (Fsp3) is 0.545. The van der Waals surface area contributed by atoms with Crippen molar-refractivity contribution in [1.29, 1.82) is 0 Å². The van der Waals surface area contributed by atoms with Crippen LogP contribution in [0.1, 0.15) is 13.3 Å². The molecule has 2 aromatic heterocycles. The van der Waals surface area contributed by atoms with Crippen molar-refractivity contribution in [2.75, 3.05) is 18.4 Å². The van der Waals surface area contributed by atoms with E-state index in [-0.39, 0.29) is 11.2 Å². The molecule has 2 rings (SSSR count). The third kappa shape index (κ3) is 2.26. The van der Waals surface area contributed by atoms with Gasteiger partial charge in [0, 0.05) is 20.1 Å². The summed E-state index contributed by atoms with van der Waals surface area (Å²) >= 11 is 0. The van der Waals surface area contributed by atoms with Crippen molar-refractivity contribution in [3.05, 3.63) is 20.8 Å². The summed E-state index contributed by atoms with van der Waals surface area (Å²) in [6.45, 7) is 3.32. The monoisotopic (exact) mass is 266 g/mol. The van der Waals surface area contributed by atoms with Crippen molar-refractivity contribution in [2.24, 2.45) is 12.8 Å². The molecule has 0 aliphatic carbocycles. The van der Waals surface area contributed by atoms with Crippen molar-refractivity contribution in [1.82, 2.24) is 19.1 Å². The van der Waals surface area contributed by atoms with Gasteiger partial charge in [-0.05, 0) is 19.9 Å². The molecule has 4 N–H and O–H groups in total. The Kier molecular flexibility index (Phi) is 3.70. The predicted molar refractivity (Wildman–Crippen MR) is 73.4 cm³/mol. The zero-order valence-corrected chi connectivity index (χ0v) is 11.1. The molecule has 0 radical (unpaired) electrons. The van der Waals surface area contributed by atoms with Gasteiger partial charge < -0.3 is 16.0 Å². The summed E-state index contributed by atoms with van der Waals surface area (Å²) < 4.78 is 2.54. The van der Waals surface area contributed by atoms with Crippen LogP contribution in [0.2, 0.25) is 0 Å². The molecular weight excluding hydrogens is 248 g/mol. The van der Waals surface area contributed by atoms with Gasteiger partial charge in [-0.15, -0.1) is 0 Å². The molecule has 104 valence electrons. The molecule has 0 spiro atoms. The lowest BCUT2D eigenvalue weighted by Crippen LogP contribution is -2.38. The fourth-order valence-corrected chi connectivity index (χ4v) is 1.92. The lowest BCUT2D eigenvalue weighted by molar-refractivity contribution is 0.637. The minimum atomic E-state index is -0.361. The average molecular weight is 266 g/mol. The molecule has 2 aromatic rings. The standard InChI is InChI=1S/C11H18N6O2/c1-3-17-9(18)7-8(16(2)11(17)19)15-10(14-7)13-6-4-5-12/h3-6,12H2,1-2H3,(H2,13,14,15). The van der Waals surface area contributed by atoms with Crippen LogP contribution in [0.3, 0.4) is 0 Å². The van der Waals surface area contributed by atoms with Crippen molar-refractivity contribution in [3.63, 3.8) is 0 Å². The number of fused-ring (bicyclic) bond motifs is 1. The minimum absolute atomic E-state index is 0.330. The maximum atomic E-state index is 12.1. The lowest BCUT2D eigenvalue weighted by atomic mass is 10.4. The van der Waals surface area contributed by atoms with Crippen molar-refractivity contribution < 1.29 is 0 Å². The van der Waals surface area contributed by atoms with Crippen LogP contribution in [-0.4, -0.2) is 32.2 Å². The van der Waals surface area contributed by atoms with Gasteiger partial charge in [0.2, 0.25) is 5.95 Å². The van der Waals surface area contributed by atoms with E-state index < -0.39 is 0 Å². The van der Waals surface area contributed by atoms with Gasteiger partial charge >= 0.3 is 5.69 Å². The van der Waals surface area contributed by atoms with Crippen LogP contribution < -0.4 is 22.3 Å². The number of hydrogen-bond acceptors (Lipinski definition) is 5. The maximum absolute atomic E-state index is 12.1. The summed E-state index contributed by atoms with van der Waals surface area (Å²) in [6.07, 6.45) is 0.801. The average Bonchev–Trinajstić information content (AvgIpc) is 2.82. The van der Waals surface area contributed by atoms with Crippen LogP contribution >= 0.6 is 0 Å². The zero-order valence-electron chi connectivity index (χ0n) is 11.1. The van der Waals surface area contributed by atoms with Gasteiger partial charge in [-0.2, -0.15) is 4.98 Å². The quantitative estimate of drug-likeness (QED) is 0.614. The Hall–Kier alpha value is -2.09. The predicted octanol–water partition coefficient (Wildman–Crippen LogP) is -0.796. The van der Waals surface area contributed by atoms with E-state index in [1.807, 2.05) is 0 Å². The van der Waals surface area contributed by atoms with Gasteiger partial charge in [-0.3, -0.25) is 13.9 Å². The Morgan fingerprint density at radius 3 is 2.79 bits per heavy atom. The van der Waals surface area contributed by atoms with Gasteiger partial charge in [-0.25, -0.2) is 4.79 Å². The summed E-state index contributed by atoms with van der Waals surface area (Å²) in [4.78, 5) is 31.2. The molecule has 19 heavy (non-hydrogen) atoms. The number of imidazole rings is 1. The summed E-state index contributed by atoms with van der Waals surface area (Å²) in [5, 5.41) is 3.04. The molecule has 0 unspecified atom stereocenters. The first kappa shape index (κ1) is 13.3. The highest BCUT2D eigenvalue weighted by Crippen LogP contribution is 2.08. The summed E-state index contributed by atoms with van der Waals surface area (Å²) in [5.41, 5.74) is 5.39. The van der Waals surface area contributed by atoms with Crippen LogP contribution in [-0.2, 0) is 13.6 Å². The minimum Gasteiger partial charge on any atom is -0.356 e. The smallest absolute Gasteiger partial charge is 0.332 e. The zero-order chi connectivity index (χ0) is 14.0. The molecule has 8 nitrogen and oxygen atoms in total. The van der Waals surface area contributed by atoms with Crippen LogP contribution in [0.5, 0.6) is 0 Å². The molecule has 0 aliphatic rings. The Morgan fingerprint density at radius 2 is 2.16 bits per heavy atom. The van der Waals surface area contributed by atoms with Gasteiger partial charge in [-0.1, -0.05) is 0 Å². The van der Waals surface area contributed by atoms with E-state index in [2.05, 4.69) is 15.3 Å². The van der Waals surface area contributed by atoms with Crippen molar-refractivity contribution in [3.8, 4) is 0 Å².